The molecule has 1 heterocycles. The molecule has 0 saturated heterocycles. The number of nitrogens with zero attached hydrogens (tertiary/aromatic N) is 3. The van der Waals surface area contributed by atoms with Gasteiger partial charge in [-0.3, -0.25) is 9.36 Å². The summed E-state index contributed by atoms with van der Waals surface area (Å²) >= 11 is 19.3. The number of benzene rings is 2. The number of thioether (sulfide) groups is 1. The van der Waals surface area contributed by atoms with Gasteiger partial charge in [-0.2, -0.15) is 0 Å². The van der Waals surface area contributed by atoms with E-state index >= 15 is 0 Å². The number of aromatic nitrogens is 3. The largest absolute Gasteiger partial charge is 0.484 e. The lowest BCUT2D eigenvalue weighted by Gasteiger charge is -2.11. The molecular formula is C21H19Cl3N4O2S. The van der Waals surface area contributed by atoms with Crippen LogP contribution in [-0.4, -0.2) is 26.4 Å². The van der Waals surface area contributed by atoms with Gasteiger partial charge in [0.15, 0.2) is 11.0 Å². The molecule has 0 fully saturated rings. The van der Waals surface area contributed by atoms with Gasteiger partial charge in [-0.1, -0.05) is 58.7 Å². The van der Waals surface area contributed by atoms with Crippen molar-refractivity contribution in [2.75, 3.05) is 11.1 Å². The third-order valence-electron chi connectivity index (χ3n) is 4.08. The second-order valence-corrected chi connectivity index (χ2v) is 8.65. The predicted octanol–water partition coefficient (Wildman–Crippen LogP) is 6.04. The van der Waals surface area contributed by atoms with Gasteiger partial charge in [0.25, 0.3) is 0 Å². The van der Waals surface area contributed by atoms with Gasteiger partial charge in [-0.25, -0.2) is 0 Å². The average molecular weight is 498 g/mol. The van der Waals surface area contributed by atoms with Gasteiger partial charge in [0.2, 0.25) is 5.91 Å². The molecule has 31 heavy (non-hydrogen) atoms. The molecule has 0 atom stereocenters. The second-order valence-electron chi connectivity index (χ2n) is 6.49. The van der Waals surface area contributed by atoms with E-state index in [2.05, 4.69) is 22.1 Å². The first-order valence-electron chi connectivity index (χ1n) is 9.17. The molecule has 162 valence electrons. The molecule has 1 N–H and O–H groups in total. The minimum Gasteiger partial charge on any atom is -0.484 e. The summed E-state index contributed by atoms with van der Waals surface area (Å²) in [5.41, 5.74) is 1.60. The fourth-order valence-corrected chi connectivity index (χ4v) is 3.85. The van der Waals surface area contributed by atoms with Crippen LogP contribution in [0.2, 0.25) is 15.1 Å². The lowest BCUT2D eigenvalue weighted by molar-refractivity contribution is -0.113. The molecule has 1 aromatic heterocycles. The normalized spacial score (nSPS) is 10.7. The van der Waals surface area contributed by atoms with E-state index in [9.17, 15) is 4.79 Å². The van der Waals surface area contributed by atoms with Crippen LogP contribution < -0.4 is 10.1 Å². The number of hydrogen-bond donors (Lipinski definition) is 1. The van der Waals surface area contributed by atoms with Crippen LogP contribution in [0.15, 0.2) is 54.2 Å². The monoisotopic (exact) mass is 496 g/mol. The number of halogens is 3. The summed E-state index contributed by atoms with van der Waals surface area (Å²) in [7, 11) is 0. The third-order valence-corrected chi connectivity index (χ3v) is 6.10. The first-order valence-corrected chi connectivity index (χ1v) is 11.3. The van der Waals surface area contributed by atoms with Crippen LogP contribution in [0.25, 0.3) is 0 Å². The number of allylic oxidation sites excluding steroid dienone is 1. The Morgan fingerprint density at radius 1 is 1.16 bits per heavy atom. The van der Waals surface area contributed by atoms with Gasteiger partial charge in [0.1, 0.15) is 12.4 Å². The maximum absolute atomic E-state index is 12.3. The summed E-state index contributed by atoms with van der Waals surface area (Å²) < 4.78 is 7.67. The van der Waals surface area contributed by atoms with E-state index in [0.717, 1.165) is 5.56 Å². The summed E-state index contributed by atoms with van der Waals surface area (Å²) in [6.07, 6.45) is 1.73. The molecule has 0 aliphatic rings. The van der Waals surface area contributed by atoms with E-state index in [1.54, 1.807) is 30.3 Å². The first kappa shape index (κ1) is 23.5. The Morgan fingerprint density at radius 2 is 1.94 bits per heavy atom. The van der Waals surface area contributed by atoms with Gasteiger partial charge in [-0.05, 0) is 42.8 Å². The quantitative estimate of drug-likeness (QED) is 0.288. The molecule has 1 amide bonds. The Hall–Kier alpha value is -2.19. The van der Waals surface area contributed by atoms with Crippen molar-refractivity contribution in [1.29, 1.82) is 0 Å². The van der Waals surface area contributed by atoms with Crippen molar-refractivity contribution < 1.29 is 9.53 Å². The Labute approximate surface area is 199 Å². The summed E-state index contributed by atoms with van der Waals surface area (Å²) in [6.45, 7) is 6.39. The van der Waals surface area contributed by atoms with Gasteiger partial charge >= 0.3 is 0 Å². The number of rotatable bonds is 9. The predicted molar refractivity (Wildman–Crippen MR) is 127 cm³/mol. The SMILES string of the molecule is C=CCn1c(COc2cc(C)ccc2Cl)nnc1SCC(=O)Nc1ccc(Cl)c(Cl)c1. The summed E-state index contributed by atoms with van der Waals surface area (Å²) in [5, 5.41) is 13.1. The Balaban J connectivity index is 1.64. The number of nitrogens with one attached hydrogen (secondary N) is 1. The lowest BCUT2D eigenvalue weighted by Crippen LogP contribution is -2.15. The zero-order valence-electron chi connectivity index (χ0n) is 16.6. The highest BCUT2D eigenvalue weighted by molar-refractivity contribution is 7.99. The van der Waals surface area contributed by atoms with Crippen LogP contribution in [-0.2, 0) is 17.9 Å². The van der Waals surface area contributed by atoms with Crippen molar-refractivity contribution in [3.05, 3.63) is 75.5 Å². The molecule has 10 heteroatoms. The van der Waals surface area contributed by atoms with E-state index in [-0.39, 0.29) is 18.3 Å². The first-order chi connectivity index (χ1) is 14.9. The van der Waals surface area contributed by atoms with Crippen LogP contribution in [0.5, 0.6) is 5.75 Å². The maximum Gasteiger partial charge on any atom is 0.234 e. The summed E-state index contributed by atoms with van der Waals surface area (Å²) in [4.78, 5) is 12.3. The molecule has 0 radical (unpaired) electrons. The van der Waals surface area contributed by atoms with Gasteiger partial charge in [-0.15, -0.1) is 16.8 Å². The van der Waals surface area contributed by atoms with E-state index in [0.29, 0.717) is 44.0 Å². The van der Waals surface area contributed by atoms with Gasteiger partial charge in [0, 0.05) is 12.2 Å². The Kier molecular flexibility index (Phi) is 8.26. The number of anilines is 1. The molecule has 0 aliphatic heterocycles. The molecule has 3 aromatic rings. The van der Waals surface area contributed by atoms with Crippen molar-refractivity contribution in [1.82, 2.24) is 14.8 Å². The van der Waals surface area contributed by atoms with Crippen LogP contribution in [0, 0.1) is 6.92 Å². The number of ether oxygens (including phenoxy) is 1. The molecule has 0 aliphatic carbocycles. The molecule has 0 unspecified atom stereocenters. The zero-order valence-corrected chi connectivity index (χ0v) is 19.7. The molecule has 3 rings (SSSR count). The highest BCUT2D eigenvalue weighted by Crippen LogP contribution is 2.27. The number of carbonyl (C=O) groups is 1. The number of hydrogen-bond acceptors (Lipinski definition) is 5. The lowest BCUT2D eigenvalue weighted by atomic mass is 10.2. The van der Waals surface area contributed by atoms with Crippen molar-refractivity contribution in [2.45, 2.75) is 25.2 Å². The second kappa shape index (κ2) is 10.9. The highest BCUT2D eigenvalue weighted by atomic mass is 35.5. The van der Waals surface area contributed by atoms with Crippen molar-refractivity contribution in [2.24, 2.45) is 0 Å². The molecular weight excluding hydrogens is 479 g/mol. The maximum atomic E-state index is 12.3. The molecule has 0 saturated carbocycles. The molecule has 0 bridgehead atoms. The minimum atomic E-state index is -0.208. The van der Waals surface area contributed by atoms with E-state index in [1.807, 2.05) is 23.6 Å². The molecule has 6 nitrogen and oxygen atoms in total. The average Bonchev–Trinajstić information content (AvgIpc) is 3.12. The fourth-order valence-electron chi connectivity index (χ4n) is 2.61. The van der Waals surface area contributed by atoms with Crippen LogP contribution in [0.3, 0.4) is 0 Å². The Bertz CT molecular complexity index is 1100. The third kappa shape index (κ3) is 6.40. The van der Waals surface area contributed by atoms with E-state index in [1.165, 1.54) is 11.8 Å². The van der Waals surface area contributed by atoms with Crippen molar-refractivity contribution >= 4 is 58.2 Å². The van der Waals surface area contributed by atoms with Gasteiger partial charge < -0.3 is 10.1 Å². The summed E-state index contributed by atoms with van der Waals surface area (Å²) in [5.74, 6) is 1.11. The van der Waals surface area contributed by atoms with Crippen LogP contribution in [0.1, 0.15) is 11.4 Å². The van der Waals surface area contributed by atoms with E-state index < -0.39 is 0 Å². The fraction of sp³-hybridized carbons (Fsp3) is 0.190. The van der Waals surface area contributed by atoms with Crippen LogP contribution >= 0.6 is 46.6 Å². The molecule has 0 spiro atoms. The minimum absolute atomic E-state index is 0.139. The molecule has 2 aromatic carbocycles. The number of amides is 1. The topological polar surface area (TPSA) is 69.0 Å². The highest BCUT2D eigenvalue weighted by Gasteiger charge is 2.15. The zero-order chi connectivity index (χ0) is 22.4. The number of carbonyl (C=O) groups excluding carboxylic acids is 1. The number of aryl methyl sites for hydroxylation is 1. The Morgan fingerprint density at radius 3 is 2.68 bits per heavy atom. The van der Waals surface area contributed by atoms with Crippen LogP contribution in [0.4, 0.5) is 5.69 Å². The van der Waals surface area contributed by atoms with E-state index in [4.69, 9.17) is 39.5 Å². The van der Waals surface area contributed by atoms with Gasteiger partial charge in [0.05, 0.1) is 20.8 Å². The standard InChI is InChI=1S/C21H19Cl3N4O2S/c1-3-8-28-19(11-30-18-9-13(2)4-6-16(18)23)26-27-21(28)31-12-20(29)25-14-5-7-15(22)17(24)10-14/h3-7,9-10H,1,8,11-12H2,2H3,(H,25,29). The smallest absolute Gasteiger partial charge is 0.234 e. The summed E-state index contributed by atoms with van der Waals surface area (Å²) in [6, 6.07) is 10.5. The van der Waals surface area contributed by atoms with Crippen molar-refractivity contribution in [3.8, 4) is 5.75 Å². The van der Waals surface area contributed by atoms with Crippen molar-refractivity contribution in [3.63, 3.8) is 0 Å².